The molecule has 1 saturated heterocycles. The van der Waals surface area contributed by atoms with Crippen molar-refractivity contribution in [3.8, 4) is 0 Å². The molecule has 1 heterocycles. The van der Waals surface area contributed by atoms with Crippen LogP contribution < -0.4 is 11.1 Å². The van der Waals surface area contributed by atoms with Gasteiger partial charge in [-0.05, 0) is 19.9 Å². The van der Waals surface area contributed by atoms with Crippen LogP contribution >= 0.6 is 0 Å². The Kier molecular flexibility index (Phi) is 4.01. The smallest absolute Gasteiger partial charge is 0.238 e. The first-order valence-electron chi connectivity index (χ1n) is 6.56. The van der Waals surface area contributed by atoms with E-state index in [0.29, 0.717) is 6.61 Å². The van der Waals surface area contributed by atoms with Gasteiger partial charge in [0.15, 0.2) is 0 Å². The summed E-state index contributed by atoms with van der Waals surface area (Å²) in [7, 11) is 0. The number of ether oxygens (including phenoxy) is 1. The van der Waals surface area contributed by atoms with Gasteiger partial charge in [0.25, 0.3) is 0 Å². The molecule has 0 bridgehead atoms. The second-order valence-electron chi connectivity index (χ2n) is 4.97. The van der Waals surface area contributed by atoms with Crippen LogP contribution in [0.1, 0.15) is 26.2 Å². The molecule has 1 aliphatic heterocycles. The van der Waals surface area contributed by atoms with E-state index in [1.165, 1.54) is 0 Å². The minimum absolute atomic E-state index is 0.185. The largest absolute Gasteiger partial charge is 0.378 e. The molecule has 98 valence electrons. The van der Waals surface area contributed by atoms with Crippen molar-refractivity contribution in [2.24, 2.45) is 5.73 Å². The van der Waals surface area contributed by atoms with Gasteiger partial charge < -0.3 is 15.8 Å². The molecule has 17 heavy (non-hydrogen) atoms. The summed E-state index contributed by atoms with van der Waals surface area (Å²) in [5.41, 5.74) is 5.18. The molecule has 5 nitrogen and oxygen atoms in total. The highest BCUT2D eigenvalue weighted by atomic mass is 16.5. The minimum Gasteiger partial charge on any atom is -0.378 e. The highest BCUT2D eigenvalue weighted by Crippen LogP contribution is 2.39. The summed E-state index contributed by atoms with van der Waals surface area (Å²) in [6, 6.07) is 0. The minimum atomic E-state index is -0.439. The standard InChI is InChI=1S/C12H23N3O2/c1-2-17-10-8-12(9-10,11(13)16)15-6-3-4-14-5-7-15/h10,14H,2-9H2,1H3,(H2,13,16). The number of nitrogens with zero attached hydrogens (tertiary/aromatic N) is 1. The Bertz CT molecular complexity index is 269. The van der Waals surface area contributed by atoms with Crippen molar-refractivity contribution >= 4 is 5.91 Å². The van der Waals surface area contributed by atoms with Gasteiger partial charge >= 0.3 is 0 Å². The molecule has 0 radical (unpaired) electrons. The number of hydrogen-bond donors (Lipinski definition) is 2. The van der Waals surface area contributed by atoms with E-state index in [9.17, 15) is 4.79 Å². The molecule has 3 N–H and O–H groups in total. The summed E-state index contributed by atoms with van der Waals surface area (Å²) in [6.07, 6.45) is 2.81. The van der Waals surface area contributed by atoms with Crippen LogP contribution in [0.2, 0.25) is 0 Å². The third-order valence-electron chi connectivity index (χ3n) is 3.94. The maximum absolute atomic E-state index is 11.8. The fourth-order valence-electron chi connectivity index (χ4n) is 2.94. The number of carbonyl (C=O) groups is 1. The van der Waals surface area contributed by atoms with Gasteiger partial charge in [-0.3, -0.25) is 9.69 Å². The molecule has 0 spiro atoms. The van der Waals surface area contributed by atoms with E-state index in [1.807, 2.05) is 6.92 Å². The lowest BCUT2D eigenvalue weighted by Crippen LogP contribution is -2.67. The van der Waals surface area contributed by atoms with E-state index >= 15 is 0 Å². The average molecular weight is 241 g/mol. The van der Waals surface area contributed by atoms with E-state index in [-0.39, 0.29) is 12.0 Å². The normalized spacial score (nSPS) is 35.0. The first-order valence-corrected chi connectivity index (χ1v) is 6.56. The second kappa shape index (κ2) is 5.33. The van der Waals surface area contributed by atoms with Gasteiger partial charge in [-0.1, -0.05) is 0 Å². The van der Waals surface area contributed by atoms with Gasteiger partial charge in [0.05, 0.1) is 6.10 Å². The maximum atomic E-state index is 11.8. The quantitative estimate of drug-likeness (QED) is 0.709. The third kappa shape index (κ3) is 2.46. The van der Waals surface area contributed by atoms with Crippen LogP contribution in [-0.4, -0.2) is 55.2 Å². The molecule has 2 rings (SSSR count). The fraction of sp³-hybridized carbons (Fsp3) is 0.917. The van der Waals surface area contributed by atoms with Crippen LogP contribution in [0.25, 0.3) is 0 Å². The molecule has 5 heteroatoms. The molecule has 0 unspecified atom stereocenters. The number of nitrogens with one attached hydrogen (secondary N) is 1. The first kappa shape index (κ1) is 12.8. The Morgan fingerprint density at radius 3 is 2.88 bits per heavy atom. The molecule has 0 atom stereocenters. The van der Waals surface area contributed by atoms with E-state index in [0.717, 1.165) is 45.4 Å². The summed E-state index contributed by atoms with van der Waals surface area (Å²) in [4.78, 5) is 14.0. The topological polar surface area (TPSA) is 67.6 Å². The third-order valence-corrected chi connectivity index (χ3v) is 3.94. The summed E-state index contributed by atoms with van der Waals surface area (Å²) < 4.78 is 5.56. The van der Waals surface area contributed by atoms with Crippen molar-refractivity contribution < 1.29 is 9.53 Å². The van der Waals surface area contributed by atoms with Gasteiger partial charge in [-0.25, -0.2) is 0 Å². The van der Waals surface area contributed by atoms with Crippen molar-refractivity contribution in [1.29, 1.82) is 0 Å². The zero-order chi connectivity index (χ0) is 12.3. The summed E-state index contributed by atoms with van der Waals surface area (Å²) in [5, 5.41) is 3.35. The van der Waals surface area contributed by atoms with Crippen molar-refractivity contribution in [2.75, 3.05) is 32.8 Å². The second-order valence-corrected chi connectivity index (χ2v) is 4.97. The van der Waals surface area contributed by atoms with Crippen LogP contribution in [0, 0.1) is 0 Å². The van der Waals surface area contributed by atoms with E-state index in [1.54, 1.807) is 0 Å². The van der Waals surface area contributed by atoms with Crippen LogP contribution in [0.15, 0.2) is 0 Å². The summed E-state index contributed by atoms with van der Waals surface area (Å²) in [6.45, 7) is 6.52. The van der Waals surface area contributed by atoms with Crippen molar-refractivity contribution in [3.63, 3.8) is 0 Å². The Labute approximate surface area is 103 Å². The molecule has 0 aromatic rings. The Hall–Kier alpha value is -0.650. The average Bonchev–Trinajstić information content (AvgIpc) is 2.50. The van der Waals surface area contributed by atoms with E-state index in [4.69, 9.17) is 10.5 Å². The number of primary amides is 1. The Balaban J connectivity index is 2.00. The molecule has 2 aliphatic rings. The van der Waals surface area contributed by atoms with Gasteiger partial charge in [-0.2, -0.15) is 0 Å². The van der Waals surface area contributed by atoms with Crippen LogP contribution in [0.5, 0.6) is 0 Å². The molecule has 2 fully saturated rings. The summed E-state index contributed by atoms with van der Waals surface area (Å²) in [5.74, 6) is -0.185. The molecular formula is C12H23N3O2. The van der Waals surface area contributed by atoms with Gasteiger partial charge in [0.2, 0.25) is 5.91 Å². The highest BCUT2D eigenvalue weighted by Gasteiger charge is 2.53. The number of carbonyl (C=O) groups excluding carboxylic acids is 1. The Morgan fingerprint density at radius 2 is 2.24 bits per heavy atom. The zero-order valence-corrected chi connectivity index (χ0v) is 10.6. The summed E-state index contributed by atoms with van der Waals surface area (Å²) >= 11 is 0. The molecule has 0 aromatic carbocycles. The van der Waals surface area contributed by atoms with Crippen molar-refractivity contribution in [3.05, 3.63) is 0 Å². The highest BCUT2D eigenvalue weighted by molar-refractivity contribution is 5.86. The lowest BCUT2D eigenvalue weighted by Gasteiger charge is -2.51. The number of rotatable bonds is 4. The van der Waals surface area contributed by atoms with E-state index < -0.39 is 5.54 Å². The number of nitrogens with two attached hydrogens (primary N) is 1. The predicted molar refractivity (Wildman–Crippen MR) is 65.6 cm³/mol. The molecular weight excluding hydrogens is 218 g/mol. The molecule has 1 amide bonds. The maximum Gasteiger partial charge on any atom is 0.238 e. The number of hydrogen-bond acceptors (Lipinski definition) is 4. The first-order chi connectivity index (χ1) is 8.19. The van der Waals surface area contributed by atoms with Crippen LogP contribution in [-0.2, 0) is 9.53 Å². The monoisotopic (exact) mass is 241 g/mol. The zero-order valence-electron chi connectivity index (χ0n) is 10.6. The molecule has 1 saturated carbocycles. The Morgan fingerprint density at radius 1 is 1.47 bits per heavy atom. The lowest BCUT2D eigenvalue weighted by molar-refractivity contribution is -0.152. The molecule has 0 aromatic heterocycles. The van der Waals surface area contributed by atoms with E-state index in [2.05, 4.69) is 10.2 Å². The lowest BCUT2D eigenvalue weighted by atomic mass is 9.72. The van der Waals surface area contributed by atoms with Crippen LogP contribution in [0.4, 0.5) is 0 Å². The van der Waals surface area contributed by atoms with Gasteiger partial charge in [-0.15, -0.1) is 0 Å². The number of amides is 1. The fourth-order valence-corrected chi connectivity index (χ4v) is 2.94. The van der Waals surface area contributed by atoms with Crippen LogP contribution in [0.3, 0.4) is 0 Å². The predicted octanol–water partition coefficient (Wildman–Crippen LogP) is -0.295. The van der Waals surface area contributed by atoms with Gasteiger partial charge in [0.1, 0.15) is 5.54 Å². The van der Waals surface area contributed by atoms with Crippen molar-refractivity contribution in [2.45, 2.75) is 37.8 Å². The van der Waals surface area contributed by atoms with Crippen molar-refractivity contribution in [1.82, 2.24) is 10.2 Å². The van der Waals surface area contributed by atoms with Gasteiger partial charge in [0, 0.05) is 39.1 Å². The molecule has 1 aliphatic carbocycles. The SMILES string of the molecule is CCOC1CC(C(N)=O)(N2CCCNCC2)C1.